The van der Waals surface area contributed by atoms with Crippen LogP contribution in [0.5, 0.6) is 0 Å². The summed E-state index contributed by atoms with van der Waals surface area (Å²) in [5, 5.41) is 3.80. The van der Waals surface area contributed by atoms with Crippen molar-refractivity contribution >= 4 is 17.9 Å². The van der Waals surface area contributed by atoms with Crippen LogP contribution in [0, 0.1) is 11.6 Å². The molecule has 0 unspecified atom stereocenters. The molecule has 0 amide bonds. The lowest BCUT2D eigenvalue weighted by Crippen LogP contribution is -2.24. The maximum Gasteiger partial charge on any atom is 0.338 e. The van der Waals surface area contributed by atoms with Crippen LogP contribution < -0.4 is 5.43 Å². The normalized spacial score (nSPS) is 11.5. The van der Waals surface area contributed by atoms with Crippen molar-refractivity contribution in [1.82, 2.24) is 0 Å². The van der Waals surface area contributed by atoms with Gasteiger partial charge < -0.3 is 4.74 Å². The van der Waals surface area contributed by atoms with Gasteiger partial charge in [0, 0.05) is 0 Å². The number of para-hydroxylation sites is 1. The van der Waals surface area contributed by atoms with Crippen LogP contribution in [-0.2, 0) is 4.74 Å². The fourth-order valence-corrected chi connectivity index (χ4v) is 1.85. The van der Waals surface area contributed by atoms with Gasteiger partial charge in [-0.3, -0.25) is 5.43 Å². The molecule has 0 saturated heterocycles. The van der Waals surface area contributed by atoms with E-state index in [0.717, 1.165) is 18.3 Å². The minimum atomic E-state index is -0.894. The van der Waals surface area contributed by atoms with Gasteiger partial charge in [0.1, 0.15) is 17.2 Å². The summed E-state index contributed by atoms with van der Waals surface area (Å²) in [6, 6.07) is 10.8. The van der Waals surface area contributed by atoms with Crippen molar-refractivity contribution in [2.24, 2.45) is 5.10 Å². The van der Waals surface area contributed by atoms with E-state index < -0.39 is 23.2 Å². The highest BCUT2D eigenvalue weighted by Crippen LogP contribution is 2.17. The van der Waals surface area contributed by atoms with E-state index in [1.807, 2.05) is 6.07 Å². The van der Waals surface area contributed by atoms with E-state index in [0.29, 0.717) is 5.69 Å². The average Bonchev–Trinajstić information content (AvgIpc) is 2.49. The van der Waals surface area contributed by atoms with E-state index in [4.69, 9.17) is 4.74 Å². The number of nitrogens with one attached hydrogen (secondary N) is 1. The third kappa shape index (κ3) is 4.87. The molecule has 2 aromatic carbocycles. The Hall–Kier alpha value is -2.76. The first-order chi connectivity index (χ1) is 11.3. The van der Waals surface area contributed by atoms with Crippen LogP contribution in [-0.4, -0.2) is 17.8 Å². The van der Waals surface area contributed by atoms with E-state index >= 15 is 0 Å². The number of nitrogens with zero attached hydrogens (tertiary/aromatic N) is 1. The summed E-state index contributed by atoms with van der Waals surface area (Å²) in [5.41, 5.74) is 2.07. The molecule has 6 heteroatoms. The summed E-state index contributed by atoms with van der Waals surface area (Å²) in [5.74, 6) is -2.57. The van der Waals surface area contributed by atoms with E-state index in [2.05, 4.69) is 10.5 Å². The Labute approximate surface area is 139 Å². The number of halogens is 2. The van der Waals surface area contributed by atoms with Crippen LogP contribution in [0.1, 0.15) is 36.7 Å². The van der Waals surface area contributed by atoms with Crippen LogP contribution in [0.2, 0.25) is 0 Å². The molecule has 0 aromatic heterocycles. The lowest BCUT2D eigenvalue weighted by atomic mass is 10.1. The number of rotatable bonds is 4. The van der Waals surface area contributed by atoms with Crippen molar-refractivity contribution < 1.29 is 18.3 Å². The molecule has 126 valence electrons. The Bertz CT molecular complexity index is 730. The number of hydrogen-bond acceptors (Lipinski definition) is 4. The van der Waals surface area contributed by atoms with Crippen molar-refractivity contribution in [3.63, 3.8) is 0 Å². The number of hydrazone groups is 1. The first-order valence-electron chi connectivity index (χ1n) is 7.33. The topological polar surface area (TPSA) is 50.7 Å². The van der Waals surface area contributed by atoms with Crippen molar-refractivity contribution in [3.05, 3.63) is 65.2 Å². The Morgan fingerprint density at radius 1 is 1.12 bits per heavy atom. The zero-order valence-electron chi connectivity index (χ0n) is 13.6. The highest BCUT2D eigenvalue weighted by atomic mass is 19.1. The molecule has 0 saturated carbocycles. The molecule has 24 heavy (non-hydrogen) atoms. The molecule has 0 bridgehead atoms. The molecule has 0 aliphatic rings. The average molecular weight is 332 g/mol. The third-order valence-electron chi connectivity index (χ3n) is 2.87. The predicted octanol–water partition coefficient (Wildman–Crippen LogP) is 4.37. The van der Waals surface area contributed by atoms with E-state index in [9.17, 15) is 13.6 Å². The Morgan fingerprint density at radius 2 is 1.71 bits per heavy atom. The van der Waals surface area contributed by atoms with Crippen molar-refractivity contribution in [2.45, 2.75) is 26.4 Å². The van der Waals surface area contributed by atoms with Crippen LogP contribution in [0.4, 0.5) is 14.5 Å². The first-order valence-corrected chi connectivity index (χ1v) is 7.33. The summed E-state index contributed by atoms with van der Waals surface area (Å²) in [6.07, 6.45) is 1.02. The summed E-state index contributed by atoms with van der Waals surface area (Å²) in [7, 11) is 0. The van der Waals surface area contributed by atoms with Crippen LogP contribution in [0.25, 0.3) is 0 Å². The molecule has 2 rings (SSSR count). The molecule has 0 atom stereocenters. The molecule has 4 nitrogen and oxygen atoms in total. The van der Waals surface area contributed by atoms with Gasteiger partial charge in [-0.2, -0.15) is 5.10 Å². The maximum absolute atomic E-state index is 14.1. The lowest BCUT2D eigenvalue weighted by Gasteiger charge is -2.19. The summed E-state index contributed by atoms with van der Waals surface area (Å²) < 4.78 is 33.2. The number of carbonyl (C=O) groups is 1. The van der Waals surface area contributed by atoms with Crippen molar-refractivity contribution in [1.29, 1.82) is 0 Å². The van der Waals surface area contributed by atoms with Crippen molar-refractivity contribution in [2.75, 3.05) is 5.43 Å². The van der Waals surface area contributed by atoms with Gasteiger partial charge in [0.15, 0.2) is 0 Å². The Kier molecular flexibility index (Phi) is 5.28. The Morgan fingerprint density at radius 3 is 2.25 bits per heavy atom. The van der Waals surface area contributed by atoms with Crippen LogP contribution in [0.3, 0.4) is 0 Å². The number of carbonyl (C=O) groups excluding carboxylic acids is 1. The second-order valence-corrected chi connectivity index (χ2v) is 6.09. The number of benzene rings is 2. The van der Waals surface area contributed by atoms with Gasteiger partial charge in [-0.15, -0.1) is 0 Å². The Balaban J connectivity index is 2.16. The molecule has 2 aromatic rings. The van der Waals surface area contributed by atoms with Gasteiger partial charge in [0.2, 0.25) is 0 Å². The quantitative estimate of drug-likeness (QED) is 0.514. The number of esters is 1. The molecule has 0 spiro atoms. The third-order valence-corrected chi connectivity index (χ3v) is 2.87. The smallest absolute Gasteiger partial charge is 0.338 e. The largest absolute Gasteiger partial charge is 0.456 e. The fourth-order valence-electron chi connectivity index (χ4n) is 1.85. The SMILES string of the molecule is CC(C)(C)OC(=O)c1cc(F)c(C=NNc2ccccc2)c(F)c1. The van der Waals surface area contributed by atoms with Gasteiger partial charge in [-0.25, -0.2) is 13.6 Å². The highest BCUT2D eigenvalue weighted by Gasteiger charge is 2.20. The molecule has 0 heterocycles. The summed E-state index contributed by atoms with van der Waals surface area (Å²) >= 11 is 0. The molecular formula is C18H18F2N2O2. The second kappa shape index (κ2) is 7.21. The van der Waals surface area contributed by atoms with Crippen LogP contribution in [0.15, 0.2) is 47.6 Å². The van der Waals surface area contributed by atoms with Gasteiger partial charge in [-0.1, -0.05) is 18.2 Å². The molecular weight excluding hydrogens is 314 g/mol. The van der Waals surface area contributed by atoms with E-state index in [1.54, 1.807) is 45.0 Å². The minimum absolute atomic E-state index is 0.187. The number of anilines is 1. The van der Waals surface area contributed by atoms with E-state index in [-0.39, 0.29) is 11.1 Å². The van der Waals surface area contributed by atoms with Gasteiger partial charge in [0.05, 0.1) is 23.0 Å². The maximum atomic E-state index is 14.1. The highest BCUT2D eigenvalue weighted by molar-refractivity contribution is 5.91. The second-order valence-electron chi connectivity index (χ2n) is 6.09. The van der Waals surface area contributed by atoms with Gasteiger partial charge in [-0.05, 0) is 45.0 Å². The number of ether oxygens (including phenoxy) is 1. The van der Waals surface area contributed by atoms with Gasteiger partial charge in [0.25, 0.3) is 0 Å². The fraction of sp³-hybridized carbons (Fsp3) is 0.222. The summed E-state index contributed by atoms with van der Waals surface area (Å²) in [4.78, 5) is 11.9. The van der Waals surface area contributed by atoms with E-state index in [1.165, 1.54) is 0 Å². The molecule has 0 aliphatic carbocycles. The zero-order chi connectivity index (χ0) is 17.7. The minimum Gasteiger partial charge on any atom is -0.456 e. The van der Waals surface area contributed by atoms with Crippen LogP contribution >= 0.6 is 0 Å². The van der Waals surface area contributed by atoms with Gasteiger partial charge >= 0.3 is 5.97 Å². The number of hydrogen-bond donors (Lipinski definition) is 1. The molecule has 0 radical (unpaired) electrons. The monoisotopic (exact) mass is 332 g/mol. The lowest BCUT2D eigenvalue weighted by molar-refractivity contribution is 0.00684. The first kappa shape index (κ1) is 17.6. The summed E-state index contributed by atoms with van der Waals surface area (Å²) in [6.45, 7) is 5.02. The molecule has 0 fully saturated rings. The van der Waals surface area contributed by atoms with Crippen molar-refractivity contribution in [3.8, 4) is 0 Å². The standard InChI is InChI=1S/C18H18F2N2O2/c1-18(2,3)24-17(23)12-9-15(19)14(16(20)10-12)11-21-22-13-7-5-4-6-8-13/h4-11,22H,1-3H3. The molecule has 0 aliphatic heterocycles. The predicted molar refractivity (Wildman–Crippen MR) is 89.2 cm³/mol. The molecule has 1 N–H and O–H groups in total. The zero-order valence-corrected chi connectivity index (χ0v) is 13.6.